The number of piperidine rings is 2. The van der Waals surface area contributed by atoms with Crippen LogP contribution in [0.3, 0.4) is 0 Å². The van der Waals surface area contributed by atoms with E-state index in [0.717, 1.165) is 75.1 Å². The summed E-state index contributed by atoms with van der Waals surface area (Å²) in [5.41, 5.74) is 3.05. The lowest BCUT2D eigenvalue weighted by molar-refractivity contribution is -0.0422. The summed E-state index contributed by atoms with van der Waals surface area (Å²) in [5.74, 6) is 1.87. The van der Waals surface area contributed by atoms with Gasteiger partial charge in [-0.25, -0.2) is 27.1 Å². The number of carbonyl (C=O) groups is 1. The number of aryl methyl sites for hydroxylation is 2. The Morgan fingerprint density at radius 2 is 1.61 bits per heavy atom. The van der Waals surface area contributed by atoms with Crippen molar-refractivity contribution >= 4 is 31.9 Å². The molecule has 254 valence electrons. The lowest BCUT2D eigenvalue weighted by atomic mass is 9.82. The fourth-order valence-corrected chi connectivity index (χ4v) is 9.76. The average Bonchev–Trinajstić information content (AvgIpc) is 3.90. The van der Waals surface area contributed by atoms with Crippen molar-refractivity contribution in [2.45, 2.75) is 89.1 Å². The van der Waals surface area contributed by atoms with Gasteiger partial charge in [-0.05, 0) is 95.7 Å². The van der Waals surface area contributed by atoms with Gasteiger partial charge >= 0.3 is 0 Å². The first-order valence-corrected chi connectivity index (χ1v) is 19.8. The number of benzene rings is 1. The number of hydrogen-bond acceptors (Lipinski definition) is 7. The van der Waals surface area contributed by atoms with E-state index in [1.54, 1.807) is 16.4 Å². The molecule has 3 saturated heterocycles. The molecule has 1 aliphatic carbocycles. The third-order valence-corrected chi connectivity index (χ3v) is 13.2. The Hall–Kier alpha value is -1.99. The van der Waals surface area contributed by atoms with Gasteiger partial charge in [0.15, 0.2) is 0 Å². The molecular weight excluding hydrogens is 671 g/mol. The van der Waals surface area contributed by atoms with Crippen LogP contribution in [0.25, 0.3) is 0 Å². The summed E-state index contributed by atoms with van der Waals surface area (Å²) in [7, 11) is -3.18. The Morgan fingerprint density at radius 3 is 2.17 bits per heavy atom. The maximum Gasteiger partial charge on any atom is 0.257 e. The molecule has 46 heavy (non-hydrogen) atoms. The standard InChI is InChI=1S/C33H47FN6O3S.CH3Br/c1-23-21-38(33(4)12-16-37(17-13-33)32(41)30-24(2)35-22-36-25(30)3)18-19-40(23)31(27-6-5-7-28(34)20-27)26-10-14-39(15-11-26)44(42,43)29-8-9-29;1-2/h5-7,20,22-23,26,29,31H,8-19,21H2,1-4H3;1H3/t23-,31+;/m1./s1. The number of hydrogen-bond donors (Lipinski definition) is 0. The number of halogens is 2. The highest BCUT2D eigenvalue weighted by molar-refractivity contribution is 9.08. The van der Waals surface area contributed by atoms with Gasteiger partial charge in [-0.1, -0.05) is 28.1 Å². The molecule has 4 fully saturated rings. The summed E-state index contributed by atoms with van der Waals surface area (Å²) < 4.78 is 42.0. The van der Waals surface area contributed by atoms with E-state index in [1.165, 1.54) is 12.4 Å². The Labute approximate surface area is 283 Å². The van der Waals surface area contributed by atoms with Crippen LogP contribution in [-0.2, 0) is 10.0 Å². The van der Waals surface area contributed by atoms with Gasteiger partial charge in [-0.2, -0.15) is 0 Å². The Bertz CT molecular complexity index is 1450. The molecule has 2 aromatic rings. The molecule has 0 spiro atoms. The van der Waals surface area contributed by atoms with Crippen LogP contribution in [0.1, 0.15) is 85.7 Å². The third kappa shape index (κ3) is 7.36. The smallest absolute Gasteiger partial charge is 0.257 e. The van der Waals surface area contributed by atoms with Crippen LogP contribution in [0.2, 0.25) is 0 Å². The first-order valence-electron chi connectivity index (χ1n) is 16.7. The summed E-state index contributed by atoms with van der Waals surface area (Å²) in [6.45, 7) is 13.5. The molecule has 1 amide bonds. The molecule has 4 aliphatic rings. The number of carbonyl (C=O) groups excluding carboxylic acids is 1. The number of piperazine rings is 1. The molecule has 1 aromatic heterocycles. The van der Waals surface area contributed by atoms with Gasteiger partial charge in [0.1, 0.15) is 12.1 Å². The second-order valence-corrected chi connectivity index (χ2v) is 15.9. The van der Waals surface area contributed by atoms with E-state index < -0.39 is 10.0 Å². The van der Waals surface area contributed by atoms with E-state index in [0.29, 0.717) is 31.7 Å². The zero-order chi connectivity index (χ0) is 33.2. The number of rotatable bonds is 7. The second kappa shape index (κ2) is 14.6. The van der Waals surface area contributed by atoms with Crippen molar-refractivity contribution in [3.63, 3.8) is 0 Å². The number of likely N-dealkylation sites (tertiary alicyclic amines) is 1. The first-order chi connectivity index (χ1) is 22.0. The highest BCUT2D eigenvalue weighted by atomic mass is 79.9. The van der Waals surface area contributed by atoms with Crippen LogP contribution < -0.4 is 0 Å². The predicted molar refractivity (Wildman–Crippen MR) is 183 cm³/mol. The normalized spacial score (nSPS) is 24.2. The second-order valence-electron chi connectivity index (χ2n) is 13.7. The lowest BCUT2D eigenvalue weighted by Crippen LogP contribution is -2.63. The van der Waals surface area contributed by atoms with Gasteiger partial charge < -0.3 is 4.90 Å². The van der Waals surface area contributed by atoms with Gasteiger partial charge in [0.25, 0.3) is 5.91 Å². The van der Waals surface area contributed by atoms with Crippen molar-refractivity contribution in [1.29, 1.82) is 0 Å². The number of alkyl halides is 1. The minimum atomic E-state index is -3.18. The quantitative estimate of drug-likeness (QED) is 0.364. The predicted octanol–water partition coefficient (Wildman–Crippen LogP) is 5.19. The molecule has 6 rings (SSSR count). The van der Waals surface area contributed by atoms with Gasteiger partial charge in [0, 0.05) is 63.4 Å². The van der Waals surface area contributed by atoms with Gasteiger partial charge in [0.2, 0.25) is 10.0 Å². The van der Waals surface area contributed by atoms with Crippen LogP contribution >= 0.6 is 15.9 Å². The van der Waals surface area contributed by atoms with Crippen LogP contribution in [0, 0.1) is 25.6 Å². The minimum absolute atomic E-state index is 0.00866. The molecule has 0 radical (unpaired) electrons. The third-order valence-electron chi connectivity index (χ3n) is 10.8. The van der Waals surface area contributed by atoms with Crippen molar-refractivity contribution in [2.24, 2.45) is 5.92 Å². The van der Waals surface area contributed by atoms with Crippen molar-refractivity contribution in [3.8, 4) is 0 Å². The Morgan fingerprint density at radius 1 is 0.978 bits per heavy atom. The molecule has 4 heterocycles. The number of amides is 1. The van der Waals surface area contributed by atoms with Gasteiger partial charge in [-0.15, -0.1) is 0 Å². The monoisotopic (exact) mass is 720 g/mol. The van der Waals surface area contributed by atoms with Crippen LogP contribution in [-0.4, -0.2) is 112 Å². The maximum absolute atomic E-state index is 14.5. The van der Waals surface area contributed by atoms with Crippen LogP contribution in [0.5, 0.6) is 0 Å². The Balaban J connectivity index is 0.00000204. The first kappa shape index (κ1) is 35.3. The summed E-state index contributed by atoms with van der Waals surface area (Å²) in [6.07, 6.45) is 6.45. The molecule has 3 aliphatic heterocycles. The van der Waals surface area contributed by atoms with Crippen LogP contribution in [0.4, 0.5) is 4.39 Å². The van der Waals surface area contributed by atoms with Crippen molar-refractivity contribution in [2.75, 3.05) is 51.6 Å². The summed E-state index contributed by atoms with van der Waals surface area (Å²) in [5, 5.41) is -0.182. The summed E-state index contributed by atoms with van der Waals surface area (Å²) >= 11 is 2.94. The average molecular weight is 722 g/mol. The van der Waals surface area contributed by atoms with Gasteiger partial charge in [-0.3, -0.25) is 14.6 Å². The SMILES string of the molecule is CBr.Cc1ncnc(C)c1C(=O)N1CCC(C)(N2CCN([C@H](c3cccc(F)c3)C3CCN(S(=O)(=O)C4CC4)CC3)[C@H](C)C2)CC1. The van der Waals surface area contributed by atoms with E-state index in [1.807, 2.05) is 30.6 Å². The van der Waals surface area contributed by atoms with Crippen LogP contribution in [0.15, 0.2) is 30.6 Å². The molecule has 2 atom stereocenters. The van der Waals surface area contributed by atoms with E-state index in [9.17, 15) is 17.6 Å². The summed E-state index contributed by atoms with van der Waals surface area (Å²) in [6, 6.07) is 7.29. The zero-order valence-electron chi connectivity index (χ0n) is 28.0. The van der Waals surface area contributed by atoms with Crippen molar-refractivity contribution in [3.05, 3.63) is 58.9 Å². The molecular formula is C34H50BrFN6O3S. The molecule has 0 N–H and O–H groups in total. The van der Waals surface area contributed by atoms with E-state index in [-0.39, 0.29) is 40.5 Å². The maximum atomic E-state index is 14.5. The molecule has 1 aromatic carbocycles. The minimum Gasteiger partial charge on any atom is -0.338 e. The topological polar surface area (TPSA) is 90.0 Å². The van der Waals surface area contributed by atoms with Crippen molar-refractivity contribution < 1.29 is 17.6 Å². The van der Waals surface area contributed by atoms with Gasteiger partial charge in [0.05, 0.1) is 22.2 Å². The molecule has 1 saturated carbocycles. The highest BCUT2D eigenvalue weighted by Crippen LogP contribution is 2.41. The molecule has 0 bridgehead atoms. The lowest BCUT2D eigenvalue weighted by Gasteiger charge is -2.54. The van der Waals surface area contributed by atoms with Crippen molar-refractivity contribution in [1.82, 2.24) is 29.0 Å². The van der Waals surface area contributed by atoms with E-state index in [2.05, 4.69) is 49.5 Å². The number of nitrogens with zero attached hydrogens (tertiary/aromatic N) is 6. The molecule has 0 unspecified atom stereocenters. The fourth-order valence-electron chi connectivity index (χ4n) is 7.89. The zero-order valence-corrected chi connectivity index (χ0v) is 30.4. The molecule has 9 nitrogen and oxygen atoms in total. The number of sulfonamides is 1. The number of aromatic nitrogens is 2. The Kier molecular flexibility index (Phi) is 11.2. The summed E-state index contributed by atoms with van der Waals surface area (Å²) in [4.78, 5) is 29.0. The van der Waals surface area contributed by atoms with E-state index >= 15 is 0 Å². The largest absolute Gasteiger partial charge is 0.338 e. The molecule has 12 heteroatoms. The highest BCUT2D eigenvalue weighted by Gasteiger charge is 2.45. The fraction of sp³-hybridized carbons (Fsp3) is 0.676. The van der Waals surface area contributed by atoms with E-state index in [4.69, 9.17) is 0 Å².